The Morgan fingerprint density at radius 2 is 2.14 bits per heavy atom. The van der Waals surface area contributed by atoms with E-state index in [-0.39, 0.29) is 0 Å². The van der Waals surface area contributed by atoms with E-state index in [2.05, 4.69) is 41.0 Å². The van der Waals surface area contributed by atoms with E-state index in [1.54, 1.807) is 0 Å². The molecule has 0 amide bonds. The zero-order chi connectivity index (χ0) is 15.0. The molecule has 0 saturated carbocycles. The van der Waals surface area contributed by atoms with Crippen molar-refractivity contribution < 1.29 is 0 Å². The van der Waals surface area contributed by atoms with Crippen LogP contribution in [-0.4, -0.2) is 19.3 Å². The first-order valence-electron chi connectivity index (χ1n) is 6.99. The second kappa shape index (κ2) is 5.33. The first-order chi connectivity index (χ1) is 10.1. The summed E-state index contributed by atoms with van der Waals surface area (Å²) in [6.07, 6.45) is 3.02. The molecule has 2 N–H and O–H groups in total. The van der Waals surface area contributed by atoms with Crippen LogP contribution in [0.3, 0.4) is 0 Å². The number of hydrogen-bond acceptors (Lipinski definition) is 2. The molecule has 3 rings (SSSR count). The third-order valence-electron chi connectivity index (χ3n) is 3.80. The Hall–Kier alpha value is -2.14. The zero-order valence-electron chi connectivity index (χ0n) is 12.2. The molecule has 5 heteroatoms. The minimum atomic E-state index is 0.437. The average molecular weight is 298 g/mol. The predicted octanol–water partition coefficient (Wildman–Crippen LogP) is 2.62. The monoisotopic (exact) mass is 298 g/mol. The smallest absolute Gasteiger partial charge is 0.104 e. The van der Waals surface area contributed by atoms with Crippen LogP contribution in [0.5, 0.6) is 0 Å². The van der Waals surface area contributed by atoms with Crippen LogP contribution in [0.4, 0.5) is 0 Å². The highest BCUT2D eigenvalue weighted by atomic mass is 32.1. The lowest BCUT2D eigenvalue weighted by atomic mass is 10.1. The van der Waals surface area contributed by atoms with Crippen molar-refractivity contribution in [3.63, 3.8) is 0 Å². The lowest BCUT2D eigenvalue weighted by Gasteiger charge is -2.07. The molecule has 0 aliphatic heterocycles. The summed E-state index contributed by atoms with van der Waals surface area (Å²) in [7, 11) is 1.99. The van der Waals surface area contributed by atoms with Gasteiger partial charge in [-0.05, 0) is 24.6 Å². The molecule has 21 heavy (non-hydrogen) atoms. The minimum Gasteiger partial charge on any atom is -0.389 e. The highest BCUT2D eigenvalue weighted by Crippen LogP contribution is 2.21. The van der Waals surface area contributed by atoms with E-state index in [4.69, 9.17) is 18.0 Å². The van der Waals surface area contributed by atoms with E-state index in [0.29, 0.717) is 4.99 Å². The molecule has 3 aromatic rings. The molecule has 108 valence electrons. The standard InChI is InChI=1S/C16H18N4S/c1-3-11-9-12(19(2)18-11)10-20-8-7-13-14(16(17)21)5-4-6-15(13)20/h4-9H,3,10H2,1-2H3,(H2,17,21). The third-order valence-corrected chi connectivity index (χ3v) is 4.02. The topological polar surface area (TPSA) is 48.8 Å². The van der Waals surface area contributed by atoms with Crippen LogP contribution >= 0.6 is 12.2 Å². The predicted molar refractivity (Wildman–Crippen MR) is 89.5 cm³/mol. The van der Waals surface area contributed by atoms with Gasteiger partial charge in [0, 0.05) is 29.7 Å². The molecule has 0 spiro atoms. The number of aromatic nitrogens is 3. The van der Waals surface area contributed by atoms with Gasteiger partial charge in [-0.25, -0.2) is 0 Å². The van der Waals surface area contributed by atoms with Gasteiger partial charge in [-0.2, -0.15) is 5.10 Å². The Balaban J connectivity index is 2.03. The van der Waals surface area contributed by atoms with Crippen LogP contribution in [0.1, 0.15) is 23.9 Å². The fourth-order valence-corrected chi connectivity index (χ4v) is 2.82. The summed E-state index contributed by atoms with van der Waals surface area (Å²) in [6, 6.07) is 10.3. The molecule has 0 saturated heterocycles. The van der Waals surface area contributed by atoms with Gasteiger partial charge in [-0.1, -0.05) is 31.3 Å². The number of thiocarbonyl (C=S) groups is 1. The van der Waals surface area contributed by atoms with Crippen molar-refractivity contribution in [1.29, 1.82) is 0 Å². The maximum Gasteiger partial charge on any atom is 0.104 e. The second-order valence-corrected chi connectivity index (χ2v) is 5.59. The Bertz CT molecular complexity index is 813. The molecule has 4 nitrogen and oxygen atoms in total. The van der Waals surface area contributed by atoms with Crippen molar-refractivity contribution in [3.05, 3.63) is 53.5 Å². The molecule has 0 unspecified atom stereocenters. The Kier molecular flexibility index (Phi) is 3.51. The lowest BCUT2D eigenvalue weighted by Crippen LogP contribution is -2.09. The van der Waals surface area contributed by atoms with Gasteiger partial charge in [0.2, 0.25) is 0 Å². The molecule has 0 aliphatic rings. The number of hydrogen-bond donors (Lipinski definition) is 1. The van der Waals surface area contributed by atoms with E-state index >= 15 is 0 Å². The molecule has 0 fully saturated rings. The molecule has 0 aliphatic carbocycles. The van der Waals surface area contributed by atoms with Gasteiger partial charge in [-0.15, -0.1) is 0 Å². The largest absolute Gasteiger partial charge is 0.389 e. The zero-order valence-corrected chi connectivity index (χ0v) is 13.0. The molecule has 1 aromatic carbocycles. The number of nitrogens with zero attached hydrogens (tertiary/aromatic N) is 3. The molecule has 2 heterocycles. The van der Waals surface area contributed by atoms with Gasteiger partial charge in [0.15, 0.2) is 0 Å². The van der Waals surface area contributed by atoms with Crippen LogP contribution in [0.2, 0.25) is 0 Å². The van der Waals surface area contributed by atoms with Crippen LogP contribution in [0, 0.1) is 0 Å². The Morgan fingerprint density at radius 3 is 2.81 bits per heavy atom. The van der Waals surface area contributed by atoms with E-state index in [9.17, 15) is 0 Å². The van der Waals surface area contributed by atoms with Gasteiger partial charge in [0.1, 0.15) is 4.99 Å². The summed E-state index contributed by atoms with van der Waals surface area (Å²) in [5, 5.41) is 5.60. The van der Waals surface area contributed by atoms with E-state index in [1.807, 2.05) is 23.9 Å². The van der Waals surface area contributed by atoms with Crippen LogP contribution < -0.4 is 5.73 Å². The first-order valence-corrected chi connectivity index (χ1v) is 7.40. The number of benzene rings is 1. The molecular formula is C16H18N4S. The normalized spacial score (nSPS) is 11.1. The first kappa shape index (κ1) is 13.8. The fourth-order valence-electron chi connectivity index (χ4n) is 2.64. The quantitative estimate of drug-likeness (QED) is 0.753. The van der Waals surface area contributed by atoms with Gasteiger partial charge < -0.3 is 10.3 Å². The molecular weight excluding hydrogens is 280 g/mol. The highest BCUT2D eigenvalue weighted by molar-refractivity contribution is 7.80. The van der Waals surface area contributed by atoms with Crippen molar-refractivity contribution in [3.8, 4) is 0 Å². The van der Waals surface area contributed by atoms with Crippen molar-refractivity contribution in [1.82, 2.24) is 14.3 Å². The van der Waals surface area contributed by atoms with Crippen molar-refractivity contribution in [2.75, 3.05) is 0 Å². The van der Waals surface area contributed by atoms with E-state index in [0.717, 1.165) is 35.1 Å². The number of nitrogens with two attached hydrogens (primary N) is 1. The SMILES string of the molecule is CCc1cc(Cn2ccc3c(C(N)=S)cccc32)n(C)n1. The van der Waals surface area contributed by atoms with Gasteiger partial charge in [-0.3, -0.25) is 4.68 Å². The number of fused-ring (bicyclic) bond motifs is 1. The summed E-state index contributed by atoms with van der Waals surface area (Å²) >= 11 is 5.12. The summed E-state index contributed by atoms with van der Waals surface area (Å²) in [4.78, 5) is 0.437. The average Bonchev–Trinajstić information content (AvgIpc) is 3.03. The maximum absolute atomic E-state index is 5.80. The van der Waals surface area contributed by atoms with Crippen LogP contribution in [0.15, 0.2) is 36.5 Å². The maximum atomic E-state index is 5.80. The molecule has 0 atom stereocenters. The fraction of sp³-hybridized carbons (Fsp3) is 0.250. The minimum absolute atomic E-state index is 0.437. The lowest BCUT2D eigenvalue weighted by molar-refractivity contribution is 0.669. The van der Waals surface area contributed by atoms with Gasteiger partial charge in [0.05, 0.1) is 17.9 Å². The second-order valence-electron chi connectivity index (χ2n) is 5.15. The Labute approximate surface area is 129 Å². The van der Waals surface area contributed by atoms with Crippen LogP contribution in [0.25, 0.3) is 10.9 Å². The third kappa shape index (κ3) is 2.45. The van der Waals surface area contributed by atoms with Crippen molar-refractivity contribution >= 4 is 28.1 Å². The van der Waals surface area contributed by atoms with E-state index < -0.39 is 0 Å². The molecule has 0 radical (unpaired) electrons. The molecule has 2 aromatic heterocycles. The van der Waals surface area contributed by atoms with Crippen LogP contribution in [-0.2, 0) is 20.0 Å². The van der Waals surface area contributed by atoms with Gasteiger partial charge >= 0.3 is 0 Å². The Morgan fingerprint density at radius 1 is 1.33 bits per heavy atom. The number of rotatable bonds is 4. The highest BCUT2D eigenvalue weighted by Gasteiger charge is 2.10. The summed E-state index contributed by atoms with van der Waals surface area (Å²) in [6.45, 7) is 2.90. The number of aryl methyl sites for hydroxylation is 2. The van der Waals surface area contributed by atoms with Gasteiger partial charge in [0.25, 0.3) is 0 Å². The summed E-state index contributed by atoms with van der Waals surface area (Å²) < 4.78 is 4.15. The molecule has 0 bridgehead atoms. The van der Waals surface area contributed by atoms with Crippen molar-refractivity contribution in [2.45, 2.75) is 19.9 Å². The van der Waals surface area contributed by atoms with Crippen molar-refractivity contribution in [2.24, 2.45) is 12.8 Å². The summed E-state index contributed by atoms with van der Waals surface area (Å²) in [5.41, 5.74) is 10.2. The van der Waals surface area contributed by atoms with E-state index in [1.165, 1.54) is 5.69 Å². The summed E-state index contributed by atoms with van der Waals surface area (Å²) in [5.74, 6) is 0.